The van der Waals surface area contributed by atoms with Crippen molar-refractivity contribution in [3.8, 4) is 0 Å². The number of thiazole rings is 1. The van der Waals surface area contributed by atoms with Gasteiger partial charge in [0.05, 0.1) is 0 Å². The van der Waals surface area contributed by atoms with E-state index in [0.29, 0.717) is 5.92 Å². The van der Waals surface area contributed by atoms with Crippen LogP contribution in [0.3, 0.4) is 0 Å². The van der Waals surface area contributed by atoms with Gasteiger partial charge in [0.15, 0.2) is 5.13 Å². The monoisotopic (exact) mass is 274 g/mol. The third kappa shape index (κ3) is 3.11. The van der Waals surface area contributed by atoms with Crippen LogP contribution in [0.2, 0.25) is 0 Å². The molecule has 1 saturated heterocycles. The van der Waals surface area contributed by atoms with Crippen molar-refractivity contribution in [1.29, 1.82) is 0 Å². The molecule has 0 saturated carbocycles. The number of aromatic nitrogens is 2. The summed E-state index contributed by atoms with van der Waals surface area (Å²) >= 11 is 1.65. The molecular weight excluding hydrogens is 256 g/mol. The first-order valence-corrected chi connectivity index (χ1v) is 7.49. The van der Waals surface area contributed by atoms with Crippen LogP contribution in [0.15, 0.2) is 24.5 Å². The minimum Gasteiger partial charge on any atom is -0.317 e. The molecule has 0 aliphatic carbocycles. The van der Waals surface area contributed by atoms with E-state index in [9.17, 15) is 0 Å². The number of anilines is 2. The molecule has 0 amide bonds. The number of aryl methyl sites for hydroxylation is 1. The summed E-state index contributed by atoms with van der Waals surface area (Å²) in [4.78, 5) is 9.89. The molecule has 0 radical (unpaired) electrons. The summed E-state index contributed by atoms with van der Waals surface area (Å²) in [6.07, 6.45) is 6.18. The van der Waals surface area contributed by atoms with Crippen molar-refractivity contribution in [1.82, 2.24) is 15.3 Å². The Hall–Kier alpha value is -1.46. The van der Waals surface area contributed by atoms with Gasteiger partial charge in [0.1, 0.15) is 5.82 Å². The van der Waals surface area contributed by atoms with Gasteiger partial charge in [-0.05, 0) is 56.5 Å². The van der Waals surface area contributed by atoms with Crippen LogP contribution in [0.25, 0.3) is 0 Å². The van der Waals surface area contributed by atoms with E-state index in [1.54, 1.807) is 11.3 Å². The molecule has 1 fully saturated rings. The molecule has 0 atom stereocenters. The zero-order chi connectivity index (χ0) is 13.1. The lowest BCUT2D eigenvalue weighted by molar-refractivity contribution is 0.460. The zero-order valence-electron chi connectivity index (χ0n) is 11.0. The first kappa shape index (κ1) is 12.6. The lowest BCUT2D eigenvalue weighted by Gasteiger charge is -2.23. The Bertz CT molecular complexity index is 546. The zero-order valence-corrected chi connectivity index (χ0v) is 11.8. The van der Waals surface area contributed by atoms with Crippen molar-refractivity contribution < 1.29 is 0 Å². The van der Waals surface area contributed by atoms with Crippen molar-refractivity contribution in [2.24, 2.45) is 0 Å². The molecule has 1 aliphatic rings. The van der Waals surface area contributed by atoms with E-state index in [4.69, 9.17) is 0 Å². The fourth-order valence-corrected chi connectivity index (χ4v) is 3.12. The third-order valence-corrected chi connectivity index (χ3v) is 4.28. The molecule has 19 heavy (non-hydrogen) atoms. The lowest BCUT2D eigenvalue weighted by atomic mass is 9.91. The first-order valence-electron chi connectivity index (χ1n) is 6.67. The second-order valence-electron chi connectivity index (χ2n) is 4.90. The number of nitrogens with zero attached hydrogens (tertiary/aromatic N) is 2. The van der Waals surface area contributed by atoms with Crippen LogP contribution in [-0.2, 0) is 0 Å². The fourth-order valence-electron chi connectivity index (χ4n) is 2.45. The van der Waals surface area contributed by atoms with Gasteiger partial charge in [-0.3, -0.25) is 0 Å². The van der Waals surface area contributed by atoms with Crippen molar-refractivity contribution >= 4 is 22.3 Å². The van der Waals surface area contributed by atoms with E-state index in [1.807, 2.05) is 12.4 Å². The molecule has 1 aliphatic heterocycles. The van der Waals surface area contributed by atoms with Crippen molar-refractivity contribution in [3.05, 3.63) is 35.0 Å². The summed E-state index contributed by atoms with van der Waals surface area (Å²) in [7, 11) is 0. The standard InChI is InChI=1S/C14H18N4S/c1-10-9-17-14(19-10)18-13-8-12(4-7-16-13)11-2-5-15-6-3-11/h4,7-9,11,15H,2-3,5-6H2,1H3,(H,16,17,18). The molecule has 2 aromatic heterocycles. The smallest absolute Gasteiger partial charge is 0.188 e. The highest BCUT2D eigenvalue weighted by Crippen LogP contribution is 2.27. The Morgan fingerprint density at radius 2 is 2.16 bits per heavy atom. The molecule has 5 heteroatoms. The topological polar surface area (TPSA) is 49.8 Å². The van der Waals surface area contributed by atoms with Gasteiger partial charge in [0, 0.05) is 17.3 Å². The average Bonchev–Trinajstić information content (AvgIpc) is 2.85. The Labute approximate surface area is 117 Å². The normalized spacial score (nSPS) is 16.5. The van der Waals surface area contributed by atoms with Crippen LogP contribution in [0.1, 0.15) is 29.2 Å². The maximum Gasteiger partial charge on any atom is 0.188 e. The van der Waals surface area contributed by atoms with Gasteiger partial charge in [-0.2, -0.15) is 0 Å². The number of nitrogens with one attached hydrogen (secondary N) is 2. The van der Waals surface area contributed by atoms with E-state index >= 15 is 0 Å². The SMILES string of the molecule is Cc1cnc(Nc2cc(C3CCNCC3)ccn2)s1. The first-order chi connectivity index (χ1) is 9.31. The minimum atomic E-state index is 0.655. The summed E-state index contributed by atoms with van der Waals surface area (Å²) in [6, 6.07) is 4.29. The largest absolute Gasteiger partial charge is 0.317 e. The predicted octanol–water partition coefficient (Wildman–Crippen LogP) is 3.06. The summed E-state index contributed by atoms with van der Waals surface area (Å²) in [6.45, 7) is 4.28. The van der Waals surface area contributed by atoms with Crippen LogP contribution in [0.5, 0.6) is 0 Å². The second-order valence-corrected chi connectivity index (χ2v) is 6.13. The number of piperidine rings is 1. The lowest BCUT2D eigenvalue weighted by Crippen LogP contribution is -2.26. The summed E-state index contributed by atoms with van der Waals surface area (Å²) in [5.74, 6) is 1.55. The Morgan fingerprint density at radius 3 is 2.89 bits per heavy atom. The molecule has 4 nitrogen and oxygen atoms in total. The van der Waals surface area contributed by atoms with E-state index in [-0.39, 0.29) is 0 Å². The Balaban J connectivity index is 1.75. The molecular formula is C14H18N4S. The van der Waals surface area contributed by atoms with Gasteiger partial charge in [-0.25, -0.2) is 9.97 Å². The van der Waals surface area contributed by atoms with Crippen LogP contribution in [0.4, 0.5) is 10.9 Å². The van der Waals surface area contributed by atoms with Crippen LogP contribution >= 0.6 is 11.3 Å². The Kier molecular flexibility index (Phi) is 3.75. The van der Waals surface area contributed by atoms with Gasteiger partial charge in [-0.1, -0.05) is 0 Å². The summed E-state index contributed by atoms with van der Waals surface area (Å²) in [5.41, 5.74) is 1.38. The van der Waals surface area contributed by atoms with Gasteiger partial charge < -0.3 is 10.6 Å². The van der Waals surface area contributed by atoms with Gasteiger partial charge >= 0.3 is 0 Å². The van der Waals surface area contributed by atoms with Gasteiger partial charge in [0.25, 0.3) is 0 Å². The highest BCUT2D eigenvalue weighted by atomic mass is 32.1. The number of hydrogen-bond acceptors (Lipinski definition) is 5. The fraction of sp³-hybridized carbons (Fsp3) is 0.429. The molecule has 0 aromatic carbocycles. The number of pyridine rings is 1. The third-order valence-electron chi connectivity index (χ3n) is 3.45. The average molecular weight is 274 g/mol. The molecule has 2 aromatic rings. The van der Waals surface area contributed by atoms with Crippen LogP contribution in [-0.4, -0.2) is 23.1 Å². The van der Waals surface area contributed by atoms with Crippen molar-refractivity contribution in [3.63, 3.8) is 0 Å². The van der Waals surface area contributed by atoms with Crippen molar-refractivity contribution in [2.75, 3.05) is 18.4 Å². The molecule has 3 rings (SSSR count). The van der Waals surface area contributed by atoms with E-state index < -0.39 is 0 Å². The highest BCUT2D eigenvalue weighted by molar-refractivity contribution is 7.15. The predicted molar refractivity (Wildman–Crippen MR) is 79.2 cm³/mol. The molecule has 2 N–H and O–H groups in total. The Morgan fingerprint density at radius 1 is 1.32 bits per heavy atom. The van der Waals surface area contributed by atoms with Crippen LogP contribution in [0, 0.1) is 6.92 Å². The van der Waals surface area contributed by atoms with E-state index in [1.165, 1.54) is 23.3 Å². The molecule has 0 bridgehead atoms. The second kappa shape index (κ2) is 5.67. The maximum absolute atomic E-state index is 4.38. The van der Waals surface area contributed by atoms with Crippen LogP contribution < -0.4 is 10.6 Å². The molecule has 100 valence electrons. The number of rotatable bonds is 3. The molecule has 0 spiro atoms. The molecule has 0 unspecified atom stereocenters. The maximum atomic E-state index is 4.38. The van der Waals surface area contributed by atoms with Gasteiger partial charge in [0.2, 0.25) is 0 Å². The minimum absolute atomic E-state index is 0.655. The quantitative estimate of drug-likeness (QED) is 0.903. The van der Waals surface area contributed by atoms with E-state index in [0.717, 1.165) is 24.0 Å². The summed E-state index contributed by atoms with van der Waals surface area (Å²) in [5, 5.41) is 7.60. The van der Waals surface area contributed by atoms with Crippen molar-refractivity contribution in [2.45, 2.75) is 25.7 Å². The molecule has 3 heterocycles. The van der Waals surface area contributed by atoms with E-state index in [2.05, 4.69) is 39.7 Å². The highest BCUT2D eigenvalue weighted by Gasteiger charge is 2.15. The number of hydrogen-bond donors (Lipinski definition) is 2. The van der Waals surface area contributed by atoms with Gasteiger partial charge in [-0.15, -0.1) is 11.3 Å². The summed E-state index contributed by atoms with van der Waals surface area (Å²) < 4.78 is 0.